The monoisotopic (exact) mass is 450 g/mol. The Hall–Kier alpha value is -2.37. The van der Waals surface area contributed by atoms with Gasteiger partial charge in [0.1, 0.15) is 17.4 Å². The first-order chi connectivity index (χ1) is 15.3. The average Bonchev–Trinajstić information content (AvgIpc) is 2.73. The van der Waals surface area contributed by atoms with Gasteiger partial charge < -0.3 is 4.74 Å². The van der Waals surface area contributed by atoms with Gasteiger partial charge in [-0.3, -0.25) is 0 Å². The average molecular weight is 450 g/mol. The van der Waals surface area contributed by atoms with Crippen LogP contribution in [0.4, 0.5) is 22.0 Å². The Morgan fingerprint density at radius 3 is 2.47 bits per heavy atom. The third-order valence-electron chi connectivity index (χ3n) is 6.91. The predicted octanol–water partition coefficient (Wildman–Crippen LogP) is 8.06. The number of allylic oxidation sites excluding steroid dienone is 2. The number of hydrogen-bond acceptors (Lipinski definition) is 1. The second-order valence-corrected chi connectivity index (χ2v) is 8.87. The lowest BCUT2D eigenvalue weighted by molar-refractivity contribution is -0.274. The SMILES string of the molecule is CCCC=C[C@@H]1CC[C@H]2c3cc(F)cc(F)c3CC[C@@H]2[C@H]1c1ccc(OC(F)(F)F)cc1. The van der Waals surface area contributed by atoms with E-state index in [1.807, 2.05) is 0 Å². The molecule has 2 aliphatic carbocycles. The summed E-state index contributed by atoms with van der Waals surface area (Å²) in [6, 6.07) is 8.55. The molecule has 4 atom stereocenters. The van der Waals surface area contributed by atoms with Crippen molar-refractivity contribution >= 4 is 0 Å². The summed E-state index contributed by atoms with van der Waals surface area (Å²) in [7, 11) is 0. The Bertz CT molecular complexity index is 963. The molecule has 0 saturated heterocycles. The highest BCUT2D eigenvalue weighted by molar-refractivity contribution is 5.39. The topological polar surface area (TPSA) is 9.23 Å². The van der Waals surface area contributed by atoms with Gasteiger partial charge in [0, 0.05) is 6.07 Å². The van der Waals surface area contributed by atoms with Crippen molar-refractivity contribution in [3.63, 3.8) is 0 Å². The zero-order chi connectivity index (χ0) is 22.9. The molecule has 0 aromatic heterocycles. The van der Waals surface area contributed by atoms with E-state index in [-0.39, 0.29) is 29.4 Å². The van der Waals surface area contributed by atoms with Crippen LogP contribution in [0.1, 0.15) is 67.6 Å². The molecule has 172 valence electrons. The number of halogens is 5. The summed E-state index contributed by atoms with van der Waals surface area (Å²) in [5.41, 5.74) is 2.32. The number of hydrogen-bond donors (Lipinski definition) is 0. The van der Waals surface area contributed by atoms with Gasteiger partial charge in [0.15, 0.2) is 0 Å². The van der Waals surface area contributed by atoms with E-state index in [2.05, 4.69) is 23.8 Å². The molecule has 6 heteroatoms. The van der Waals surface area contributed by atoms with Gasteiger partial charge in [-0.25, -0.2) is 8.78 Å². The van der Waals surface area contributed by atoms with Crippen molar-refractivity contribution in [2.24, 2.45) is 11.8 Å². The van der Waals surface area contributed by atoms with Gasteiger partial charge in [-0.05, 0) is 90.7 Å². The maximum absolute atomic E-state index is 14.4. The number of alkyl halides is 3. The molecule has 1 fully saturated rings. The van der Waals surface area contributed by atoms with Crippen LogP contribution in [0.5, 0.6) is 5.75 Å². The minimum absolute atomic E-state index is 0.0378. The normalized spacial score (nSPS) is 25.4. The number of unbranched alkanes of at least 4 members (excludes halogenated alkanes) is 1. The first kappa shape index (κ1) is 22.8. The minimum Gasteiger partial charge on any atom is -0.406 e. The number of fused-ring (bicyclic) bond motifs is 3. The Morgan fingerprint density at radius 2 is 1.78 bits per heavy atom. The molecule has 0 bridgehead atoms. The Kier molecular flexibility index (Phi) is 6.59. The van der Waals surface area contributed by atoms with E-state index in [9.17, 15) is 22.0 Å². The number of benzene rings is 2. The van der Waals surface area contributed by atoms with Crippen molar-refractivity contribution in [1.29, 1.82) is 0 Å². The van der Waals surface area contributed by atoms with E-state index < -0.39 is 18.0 Å². The fourth-order valence-corrected chi connectivity index (χ4v) is 5.67. The van der Waals surface area contributed by atoms with E-state index in [1.54, 1.807) is 12.1 Å². The molecule has 2 aromatic carbocycles. The molecule has 0 N–H and O–H groups in total. The van der Waals surface area contributed by atoms with Crippen molar-refractivity contribution < 1.29 is 26.7 Å². The maximum Gasteiger partial charge on any atom is 0.573 e. The smallest absolute Gasteiger partial charge is 0.406 e. The summed E-state index contributed by atoms with van der Waals surface area (Å²) in [5.74, 6) is -0.770. The number of ether oxygens (including phenoxy) is 1. The largest absolute Gasteiger partial charge is 0.573 e. The fourth-order valence-electron chi connectivity index (χ4n) is 5.67. The zero-order valence-corrected chi connectivity index (χ0v) is 18.0. The second-order valence-electron chi connectivity index (χ2n) is 8.87. The van der Waals surface area contributed by atoms with Crippen LogP contribution in [0, 0.1) is 23.5 Å². The third-order valence-corrected chi connectivity index (χ3v) is 6.91. The summed E-state index contributed by atoms with van der Waals surface area (Å²) in [6.07, 6.45) is 4.69. The summed E-state index contributed by atoms with van der Waals surface area (Å²) in [5, 5.41) is 0. The van der Waals surface area contributed by atoms with Gasteiger partial charge in [0.25, 0.3) is 0 Å². The highest BCUT2D eigenvalue weighted by atomic mass is 19.4. The van der Waals surface area contributed by atoms with E-state index >= 15 is 0 Å². The van der Waals surface area contributed by atoms with Crippen LogP contribution in [0.3, 0.4) is 0 Å². The predicted molar refractivity (Wildman–Crippen MR) is 114 cm³/mol. The van der Waals surface area contributed by atoms with Crippen molar-refractivity contribution in [1.82, 2.24) is 0 Å². The molecule has 4 rings (SSSR count). The van der Waals surface area contributed by atoms with E-state index in [0.717, 1.165) is 49.3 Å². The summed E-state index contributed by atoms with van der Waals surface area (Å²) in [6.45, 7) is 2.11. The first-order valence-corrected chi connectivity index (χ1v) is 11.3. The number of rotatable bonds is 5. The van der Waals surface area contributed by atoms with E-state index in [0.29, 0.717) is 12.0 Å². The van der Waals surface area contributed by atoms with E-state index in [1.165, 1.54) is 18.2 Å². The quantitative estimate of drug-likeness (QED) is 0.331. The van der Waals surface area contributed by atoms with Crippen LogP contribution in [-0.2, 0) is 6.42 Å². The second kappa shape index (κ2) is 9.24. The van der Waals surface area contributed by atoms with Gasteiger partial charge >= 0.3 is 6.36 Å². The van der Waals surface area contributed by atoms with Crippen molar-refractivity contribution in [3.8, 4) is 5.75 Å². The molecule has 0 amide bonds. The first-order valence-electron chi connectivity index (χ1n) is 11.3. The Labute approximate surface area is 185 Å². The van der Waals surface area contributed by atoms with Crippen molar-refractivity contribution in [3.05, 3.63) is 76.9 Å². The molecular formula is C26H27F5O. The van der Waals surface area contributed by atoms with Crippen LogP contribution in [-0.4, -0.2) is 6.36 Å². The lowest BCUT2D eigenvalue weighted by Crippen LogP contribution is -2.35. The molecular weight excluding hydrogens is 423 g/mol. The van der Waals surface area contributed by atoms with Crippen LogP contribution < -0.4 is 4.74 Å². The van der Waals surface area contributed by atoms with Crippen LogP contribution in [0.15, 0.2) is 48.6 Å². The van der Waals surface area contributed by atoms with Crippen molar-refractivity contribution in [2.75, 3.05) is 0 Å². The van der Waals surface area contributed by atoms with Crippen molar-refractivity contribution in [2.45, 2.75) is 63.6 Å². The molecule has 1 nitrogen and oxygen atoms in total. The molecule has 32 heavy (non-hydrogen) atoms. The third kappa shape index (κ3) is 4.84. The van der Waals surface area contributed by atoms with Crippen LogP contribution >= 0.6 is 0 Å². The van der Waals surface area contributed by atoms with Crippen LogP contribution in [0.2, 0.25) is 0 Å². The lowest BCUT2D eigenvalue weighted by Gasteiger charge is -2.46. The zero-order valence-electron chi connectivity index (χ0n) is 18.0. The molecule has 0 spiro atoms. The highest BCUT2D eigenvalue weighted by Crippen LogP contribution is 2.54. The maximum atomic E-state index is 14.4. The summed E-state index contributed by atoms with van der Waals surface area (Å²) in [4.78, 5) is 0. The standard InChI is InChI=1S/C26H27F5O/c1-2-3-4-5-16-8-11-20-22(13-12-21-23(20)14-18(27)15-24(21)28)25(16)17-6-9-19(10-7-17)32-26(29,30)31/h4-7,9-10,14-16,20,22,25H,2-3,8,11-13H2,1H3/t16-,20-,22+,25-/m1/s1. The highest BCUT2D eigenvalue weighted by Gasteiger charge is 2.43. The van der Waals surface area contributed by atoms with E-state index in [4.69, 9.17) is 0 Å². The van der Waals surface area contributed by atoms with Gasteiger partial charge in [0.2, 0.25) is 0 Å². The van der Waals surface area contributed by atoms with Gasteiger partial charge in [-0.2, -0.15) is 0 Å². The molecule has 0 unspecified atom stereocenters. The van der Waals surface area contributed by atoms with Gasteiger partial charge in [-0.1, -0.05) is 37.6 Å². The molecule has 2 aromatic rings. The fraction of sp³-hybridized carbons (Fsp3) is 0.462. The summed E-state index contributed by atoms with van der Waals surface area (Å²) < 4.78 is 70.2. The lowest BCUT2D eigenvalue weighted by atomic mass is 9.58. The van der Waals surface area contributed by atoms with Gasteiger partial charge in [0.05, 0.1) is 0 Å². The molecule has 0 heterocycles. The minimum atomic E-state index is -4.73. The molecule has 1 saturated carbocycles. The Morgan fingerprint density at radius 1 is 1.03 bits per heavy atom. The molecule has 0 radical (unpaired) electrons. The molecule has 2 aliphatic rings. The Balaban J connectivity index is 1.68. The molecule has 0 aliphatic heterocycles. The summed E-state index contributed by atoms with van der Waals surface area (Å²) >= 11 is 0. The van der Waals surface area contributed by atoms with Gasteiger partial charge in [-0.15, -0.1) is 13.2 Å². The van der Waals surface area contributed by atoms with Crippen LogP contribution in [0.25, 0.3) is 0 Å².